The van der Waals surface area contributed by atoms with Crippen LogP contribution in [0.15, 0.2) is 18.2 Å². The van der Waals surface area contributed by atoms with Crippen LogP contribution in [0, 0.1) is 11.8 Å². The summed E-state index contributed by atoms with van der Waals surface area (Å²) in [6.07, 6.45) is 0.424. The molecule has 6 heteroatoms. The van der Waals surface area contributed by atoms with Gasteiger partial charge in [-0.2, -0.15) is 0 Å². The second-order valence-corrected chi connectivity index (χ2v) is 4.66. The van der Waals surface area contributed by atoms with E-state index in [1.54, 1.807) is 6.07 Å². The first-order valence-electron chi connectivity index (χ1n) is 6.05. The predicted molar refractivity (Wildman–Crippen MR) is 63.6 cm³/mol. The number of para-hydroxylation sites is 1. The molecule has 1 fully saturated rings. The van der Waals surface area contributed by atoms with Crippen molar-refractivity contribution in [3.8, 4) is 11.5 Å². The van der Waals surface area contributed by atoms with Crippen molar-refractivity contribution in [3.05, 3.63) is 23.8 Å². The minimum absolute atomic E-state index is 0.185. The molecule has 6 nitrogen and oxygen atoms in total. The molecule has 1 amide bonds. The summed E-state index contributed by atoms with van der Waals surface area (Å²) < 4.78 is 10.6. The number of benzene rings is 1. The summed E-state index contributed by atoms with van der Waals surface area (Å²) in [6.45, 7) is 0.498. The highest BCUT2D eigenvalue weighted by molar-refractivity contribution is 5.89. The average Bonchev–Trinajstić information content (AvgIpc) is 3.06. The predicted octanol–water partition coefficient (Wildman–Crippen LogP) is 0.752. The van der Waals surface area contributed by atoms with Crippen molar-refractivity contribution in [2.24, 2.45) is 11.8 Å². The fourth-order valence-electron chi connectivity index (χ4n) is 2.20. The molecular weight excluding hydrogens is 250 g/mol. The topological polar surface area (TPSA) is 84.9 Å². The molecule has 0 radical (unpaired) electrons. The van der Waals surface area contributed by atoms with Crippen LogP contribution >= 0.6 is 0 Å². The highest BCUT2D eigenvalue weighted by Crippen LogP contribution is 2.39. The SMILES string of the molecule is O=C(O)[C@H]1C[C@@H]1C(=O)NCc1cccc2c1OCO2. The summed E-state index contributed by atoms with van der Waals surface area (Å²) in [5.41, 5.74) is 0.830. The third-order valence-corrected chi connectivity index (χ3v) is 3.38. The number of rotatable bonds is 4. The van der Waals surface area contributed by atoms with Gasteiger partial charge >= 0.3 is 5.97 Å². The molecule has 0 saturated heterocycles. The fourth-order valence-corrected chi connectivity index (χ4v) is 2.20. The second-order valence-electron chi connectivity index (χ2n) is 4.66. The van der Waals surface area contributed by atoms with Gasteiger partial charge in [0.2, 0.25) is 12.7 Å². The molecule has 2 aliphatic rings. The van der Waals surface area contributed by atoms with E-state index in [0.717, 1.165) is 5.56 Å². The van der Waals surface area contributed by atoms with Crippen molar-refractivity contribution in [2.75, 3.05) is 6.79 Å². The lowest BCUT2D eigenvalue weighted by atomic mass is 10.2. The maximum Gasteiger partial charge on any atom is 0.307 e. The second kappa shape index (κ2) is 4.46. The van der Waals surface area contributed by atoms with E-state index >= 15 is 0 Å². The Labute approximate surface area is 109 Å². The Hall–Kier alpha value is -2.24. The van der Waals surface area contributed by atoms with Crippen molar-refractivity contribution in [2.45, 2.75) is 13.0 Å². The number of carboxylic acid groups (broad SMARTS) is 1. The highest BCUT2D eigenvalue weighted by atomic mass is 16.7. The smallest absolute Gasteiger partial charge is 0.307 e. The number of nitrogens with one attached hydrogen (secondary N) is 1. The number of aliphatic carboxylic acids is 1. The van der Waals surface area contributed by atoms with Gasteiger partial charge in [-0.05, 0) is 12.5 Å². The van der Waals surface area contributed by atoms with Crippen LogP contribution in [0.2, 0.25) is 0 Å². The number of carbonyl (C=O) groups excluding carboxylic acids is 1. The third kappa shape index (κ3) is 2.21. The molecule has 1 aromatic rings. The average molecular weight is 263 g/mol. The van der Waals surface area contributed by atoms with E-state index < -0.39 is 17.8 Å². The summed E-state index contributed by atoms with van der Waals surface area (Å²) in [7, 11) is 0. The van der Waals surface area contributed by atoms with Gasteiger partial charge in [-0.3, -0.25) is 9.59 Å². The highest BCUT2D eigenvalue weighted by Gasteiger charge is 2.48. The van der Waals surface area contributed by atoms with E-state index in [1.807, 2.05) is 12.1 Å². The molecule has 2 atom stereocenters. The van der Waals surface area contributed by atoms with Crippen LogP contribution in [-0.2, 0) is 16.1 Å². The summed E-state index contributed by atoms with van der Waals surface area (Å²) >= 11 is 0. The zero-order valence-corrected chi connectivity index (χ0v) is 10.1. The molecule has 2 N–H and O–H groups in total. The van der Waals surface area contributed by atoms with Crippen LogP contribution in [-0.4, -0.2) is 23.8 Å². The molecule has 1 heterocycles. The summed E-state index contributed by atoms with van der Waals surface area (Å²) in [4.78, 5) is 22.4. The van der Waals surface area contributed by atoms with Gasteiger partial charge in [-0.15, -0.1) is 0 Å². The first-order chi connectivity index (χ1) is 9.16. The number of amides is 1. The largest absolute Gasteiger partial charge is 0.481 e. The van der Waals surface area contributed by atoms with E-state index in [0.29, 0.717) is 24.5 Å². The lowest BCUT2D eigenvalue weighted by molar-refractivity contribution is -0.140. The van der Waals surface area contributed by atoms with Crippen molar-refractivity contribution in [1.82, 2.24) is 5.32 Å². The van der Waals surface area contributed by atoms with E-state index in [1.165, 1.54) is 0 Å². The standard InChI is InChI=1S/C13H13NO5/c15-12(8-4-9(8)13(16)17)14-5-7-2-1-3-10-11(7)19-6-18-10/h1-3,8-9H,4-6H2,(H,14,15)(H,16,17)/t8-,9-/m0/s1. The Morgan fingerprint density at radius 2 is 2.16 bits per heavy atom. The van der Waals surface area contributed by atoms with Crippen LogP contribution in [0.4, 0.5) is 0 Å². The number of ether oxygens (including phenoxy) is 2. The van der Waals surface area contributed by atoms with Crippen LogP contribution in [0.25, 0.3) is 0 Å². The van der Waals surface area contributed by atoms with Gasteiger partial charge in [0.1, 0.15) is 0 Å². The minimum Gasteiger partial charge on any atom is -0.481 e. The van der Waals surface area contributed by atoms with Gasteiger partial charge in [-0.25, -0.2) is 0 Å². The summed E-state index contributed by atoms with van der Waals surface area (Å²) in [5, 5.41) is 11.5. The van der Waals surface area contributed by atoms with Gasteiger partial charge < -0.3 is 19.9 Å². The van der Waals surface area contributed by atoms with E-state index in [4.69, 9.17) is 14.6 Å². The first-order valence-corrected chi connectivity index (χ1v) is 6.05. The summed E-state index contributed by atoms with van der Waals surface area (Å²) in [5.74, 6) is -0.733. The Kier molecular flexibility index (Phi) is 2.77. The quantitative estimate of drug-likeness (QED) is 0.837. The number of hydrogen-bond donors (Lipinski definition) is 2. The van der Waals surface area contributed by atoms with E-state index in [2.05, 4.69) is 5.32 Å². The summed E-state index contributed by atoms with van der Waals surface area (Å²) in [6, 6.07) is 5.47. The molecule has 0 aromatic heterocycles. The maximum atomic E-state index is 11.7. The van der Waals surface area contributed by atoms with Crippen LogP contribution in [0.3, 0.4) is 0 Å². The maximum absolute atomic E-state index is 11.7. The normalized spacial score (nSPS) is 22.9. The van der Waals surface area contributed by atoms with Gasteiger partial charge in [0.15, 0.2) is 11.5 Å². The Morgan fingerprint density at radius 3 is 2.89 bits per heavy atom. The number of carbonyl (C=O) groups is 2. The molecule has 19 heavy (non-hydrogen) atoms. The molecule has 0 unspecified atom stereocenters. The molecule has 100 valence electrons. The van der Waals surface area contributed by atoms with Crippen LogP contribution in [0.1, 0.15) is 12.0 Å². The number of hydrogen-bond acceptors (Lipinski definition) is 4. The molecule has 1 aromatic carbocycles. The number of fused-ring (bicyclic) bond motifs is 1. The van der Waals surface area contributed by atoms with Gasteiger partial charge in [0, 0.05) is 12.1 Å². The van der Waals surface area contributed by atoms with Crippen LogP contribution < -0.4 is 14.8 Å². The van der Waals surface area contributed by atoms with Gasteiger partial charge in [0.25, 0.3) is 0 Å². The zero-order valence-electron chi connectivity index (χ0n) is 10.1. The Bertz CT molecular complexity index is 542. The molecular formula is C13H13NO5. The lowest BCUT2D eigenvalue weighted by Gasteiger charge is -2.07. The zero-order chi connectivity index (χ0) is 13.4. The van der Waals surface area contributed by atoms with Crippen molar-refractivity contribution in [1.29, 1.82) is 0 Å². The molecule has 1 aliphatic carbocycles. The number of carboxylic acids is 1. The van der Waals surface area contributed by atoms with Crippen molar-refractivity contribution < 1.29 is 24.2 Å². The van der Waals surface area contributed by atoms with Crippen molar-refractivity contribution >= 4 is 11.9 Å². The third-order valence-electron chi connectivity index (χ3n) is 3.38. The van der Waals surface area contributed by atoms with E-state index in [9.17, 15) is 9.59 Å². The fraction of sp³-hybridized carbons (Fsp3) is 0.385. The van der Waals surface area contributed by atoms with Gasteiger partial charge in [-0.1, -0.05) is 12.1 Å². The molecule has 1 saturated carbocycles. The molecule has 0 spiro atoms. The van der Waals surface area contributed by atoms with E-state index in [-0.39, 0.29) is 12.7 Å². The Balaban J connectivity index is 1.60. The van der Waals surface area contributed by atoms with Crippen molar-refractivity contribution in [3.63, 3.8) is 0 Å². The van der Waals surface area contributed by atoms with Gasteiger partial charge in [0.05, 0.1) is 11.8 Å². The van der Waals surface area contributed by atoms with Crippen LogP contribution in [0.5, 0.6) is 11.5 Å². The molecule has 3 rings (SSSR count). The Morgan fingerprint density at radius 1 is 1.32 bits per heavy atom. The monoisotopic (exact) mass is 263 g/mol. The molecule has 0 bridgehead atoms. The first kappa shape index (κ1) is 11.8. The lowest BCUT2D eigenvalue weighted by Crippen LogP contribution is -2.26. The minimum atomic E-state index is -0.905. The molecule has 1 aliphatic heterocycles.